The van der Waals surface area contributed by atoms with Gasteiger partial charge in [-0.15, -0.1) is 0 Å². The zero-order valence-electron chi connectivity index (χ0n) is 4.93. The molecule has 0 aromatic carbocycles. The van der Waals surface area contributed by atoms with Gasteiger partial charge in [-0.2, -0.15) is 8.42 Å². The van der Waals surface area contributed by atoms with E-state index in [0.29, 0.717) is 0 Å². The molecule has 1 radical (unpaired) electrons. The summed E-state index contributed by atoms with van der Waals surface area (Å²) in [4.78, 5) is 3.41. The second kappa shape index (κ2) is 2.36. The summed E-state index contributed by atoms with van der Waals surface area (Å²) in [5, 5.41) is -0.324. The Morgan fingerprint density at radius 1 is 1.40 bits per heavy atom. The fourth-order valence-electron chi connectivity index (χ4n) is 0.500. The lowest BCUT2D eigenvalue weighted by Gasteiger charge is -1.83. The second-order valence-corrected chi connectivity index (χ2v) is 3.01. The number of hydrogen-bond donors (Lipinski definition) is 1. The lowest BCUT2D eigenvalue weighted by Crippen LogP contribution is -2.08. The zero-order valence-corrected chi connectivity index (χ0v) is 5.75. The monoisotopic (exact) mass is 159 g/mol. The van der Waals surface area contributed by atoms with Crippen LogP contribution in [0.1, 0.15) is 0 Å². The van der Waals surface area contributed by atoms with Gasteiger partial charge in [0.15, 0.2) is 0 Å². The molecule has 0 bridgehead atoms. The van der Waals surface area contributed by atoms with Crippen LogP contribution in [0.3, 0.4) is 0 Å². The zero-order chi connectivity index (χ0) is 7.61. The molecule has 0 unspecified atom stereocenters. The van der Waals surface area contributed by atoms with Gasteiger partial charge in [-0.25, -0.2) is 0 Å². The minimum Gasteiger partial charge on any atom is -0.277 e. The molecule has 0 fully saturated rings. The van der Waals surface area contributed by atoms with Crippen molar-refractivity contribution in [1.82, 2.24) is 4.99 Å². The molecule has 1 aliphatic rings. The van der Waals surface area contributed by atoms with Crippen molar-refractivity contribution in [2.75, 3.05) is 0 Å². The van der Waals surface area contributed by atoms with Crippen LogP contribution in [0, 0.1) is 0 Å². The molecule has 0 aromatic heterocycles. The van der Waals surface area contributed by atoms with Crippen molar-refractivity contribution in [2.24, 2.45) is 0 Å². The Kier molecular flexibility index (Phi) is 1.69. The van der Waals surface area contributed by atoms with Gasteiger partial charge in [0, 0.05) is 12.2 Å². The van der Waals surface area contributed by atoms with E-state index in [1.54, 1.807) is 6.08 Å². The summed E-state index contributed by atoms with van der Waals surface area (Å²) in [5.74, 6) is 0. The molecule has 0 aromatic rings. The van der Waals surface area contributed by atoms with Crippen molar-refractivity contribution >= 4 is 16.3 Å². The molecule has 0 saturated carbocycles. The summed E-state index contributed by atoms with van der Waals surface area (Å²) in [6, 6.07) is 0. The maximum absolute atomic E-state index is 10.3. The largest absolute Gasteiger partial charge is 0.393 e. The second-order valence-electron chi connectivity index (χ2n) is 1.64. The van der Waals surface area contributed by atoms with Crippen LogP contribution in [0.5, 0.6) is 0 Å². The Morgan fingerprint density at radius 2 is 2.10 bits per heavy atom. The Morgan fingerprint density at radius 3 is 2.40 bits per heavy atom. The van der Waals surface area contributed by atoms with Crippen LogP contribution < -0.4 is 4.99 Å². The van der Waals surface area contributed by atoms with E-state index >= 15 is 0 Å². The third-order valence-corrected chi connectivity index (χ3v) is 1.67. The van der Waals surface area contributed by atoms with Crippen LogP contribution in [0.2, 0.25) is 0 Å². The molecule has 10 heavy (non-hydrogen) atoms. The van der Waals surface area contributed by atoms with E-state index in [2.05, 4.69) is 4.99 Å². The Balaban J connectivity index is 3.08. The maximum Gasteiger partial charge on any atom is 0.393 e. The topological polar surface area (TPSA) is 68.5 Å². The third-order valence-electron chi connectivity index (χ3n) is 0.902. The SMILES string of the molecule is O=S(=O)(O)C1=CC=CC=[N+]1. The average molecular weight is 159 g/mol. The van der Waals surface area contributed by atoms with E-state index in [0.717, 1.165) is 0 Å². The van der Waals surface area contributed by atoms with Crippen LogP contribution in [-0.4, -0.2) is 19.2 Å². The average Bonchev–Trinajstić information content (AvgIpc) is 1.88. The van der Waals surface area contributed by atoms with Crippen molar-refractivity contribution in [2.45, 2.75) is 0 Å². The normalized spacial score (nSPS) is 17.1. The first-order valence-corrected chi connectivity index (χ1v) is 3.93. The summed E-state index contributed by atoms with van der Waals surface area (Å²) in [5.41, 5.74) is 0. The predicted molar refractivity (Wildman–Crippen MR) is 37.0 cm³/mol. The van der Waals surface area contributed by atoms with Gasteiger partial charge in [0.1, 0.15) is 0 Å². The van der Waals surface area contributed by atoms with Crippen LogP contribution in [0.25, 0.3) is 0 Å². The standard InChI is InChI=1S/C5H5NO3S/c7-10(8,9)5-3-1-2-4-6-5/h1-4H,(H,7,8,9)/q+1. The molecular weight excluding hydrogens is 154 g/mol. The molecule has 4 nitrogen and oxygen atoms in total. The number of allylic oxidation sites excluding steroid dienone is 3. The molecule has 0 amide bonds. The lowest BCUT2D eigenvalue weighted by molar-refractivity contribution is 0.489. The van der Waals surface area contributed by atoms with Gasteiger partial charge in [0.05, 0.1) is 4.99 Å². The van der Waals surface area contributed by atoms with E-state index in [9.17, 15) is 8.42 Å². The van der Waals surface area contributed by atoms with E-state index in [-0.39, 0.29) is 5.03 Å². The van der Waals surface area contributed by atoms with E-state index in [1.165, 1.54) is 18.4 Å². The first-order chi connectivity index (χ1) is 4.61. The summed E-state index contributed by atoms with van der Waals surface area (Å²) >= 11 is 0. The Labute approximate surface area is 58.3 Å². The molecule has 1 aliphatic heterocycles. The smallest absolute Gasteiger partial charge is 0.277 e. The highest BCUT2D eigenvalue weighted by atomic mass is 32.2. The lowest BCUT2D eigenvalue weighted by atomic mass is 10.4. The van der Waals surface area contributed by atoms with Gasteiger partial charge >= 0.3 is 15.1 Å². The fraction of sp³-hybridized carbons (Fsp3) is 0. The maximum atomic E-state index is 10.3. The first-order valence-electron chi connectivity index (χ1n) is 2.49. The number of aliphatic imine (C=N–C) groups is 1. The molecule has 1 heterocycles. The summed E-state index contributed by atoms with van der Waals surface area (Å²) in [6.07, 6.45) is 5.56. The summed E-state index contributed by atoms with van der Waals surface area (Å²) in [7, 11) is -4.11. The predicted octanol–water partition coefficient (Wildman–Crippen LogP) is -0.308. The van der Waals surface area contributed by atoms with Crippen molar-refractivity contribution < 1.29 is 13.0 Å². The Hall–Kier alpha value is -0.940. The van der Waals surface area contributed by atoms with Gasteiger partial charge in [0.2, 0.25) is 6.21 Å². The minimum atomic E-state index is -4.11. The summed E-state index contributed by atoms with van der Waals surface area (Å²) in [6.45, 7) is 0. The highest BCUT2D eigenvalue weighted by molar-refractivity contribution is 7.89. The number of nitrogens with zero attached hydrogens (tertiary/aromatic N) is 1. The van der Waals surface area contributed by atoms with Crippen LogP contribution >= 0.6 is 0 Å². The number of rotatable bonds is 1. The molecule has 1 rings (SSSR count). The molecular formula is C5H5NO3S+. The van der Waals surface area contributed by atoms with E-state index in [1.807, 2.05) is 0 Å². The van der Waals surface area contributed by atoms with Gasteiger partial charge in [-0.1, -0.05) is 0 Å². The highest BCUT2D eigenvalue weighted by Crippen LogP contribution is 2.00. The van der Waals surface area contributed by atoms with Crippen molar-refractivity contribution in [3.05, 3.63) is 23.3 Å². The van der Waals surface area contributed by atoms with E-state index < -0.39 is 10.1 Å². The van der Waals surface area contributed by atoms with Crippen molar-refractivity contribution in [1.29, 1.82) is 0 Å². The molecule has 0 aliphatic carbocycles. The quantitative estimate of drug-likeness (QED) is 0.534. The van der Waals surface area contributed by atoms with Crippen molar-refractivity contribution in [3.8, 4) is 0 Å². The van der Waals surface area contributed by atoms with Gasteiger partial charge in [-0.3, -0.25) is 4.55 Å². The molecule has 53 valence electrons. The van der Waals surface area contributed by atoms with Crippen LogP contribution in [0.15, 0.2) is 23.3 Å². The molecule has 0 spiro atoms. The highest BCUT2D eigenvalue weighted by Gasteiger charge is 2.23. The van der Waals surface area contributed by atoms with Crippen LogP contribution in [-0.2, 0) is 10.1 Å². The van der Waals surface area contributed by atoms with Gasteiger partial charge in [0.25, 0.3) is 0 Å². The Bertz CT molecular complexity index is 310. The molecule has 0 atom stereocenters. The van der Waals surface area contributed by atoms with Gasteiger partial charge < -0.3 is 0 Å². The van der Waals surface area contributed by atoms with Crippen LogP contribution in [0.4, 0.5) is 0 Å². The third kappa shape index (κ3) is 1.52. The van der Waals surface area contributed by atoms with Crippen molar-refractivity contribution in [3.63, 3.8) is 0 Å². The molecule has 5 heteroatoms. The van der Waals surface area contributed by atoms with E-state index in [4.69, 9.17) is 4.55 Å². The first kappa shape index (κ1) is 7.17. The number of hydrogen-bond acceptors (Lipinski definition) is 3. The van der Waals surface area contributed by atoms with Gasteiger partial charge in [-0.05, 0) is 6.08 Å². The minimum absolute atomic E-state index is 0.324. The molecule has 0 saturated heterocycles. The molecule has 1 N–H and O–H groups in total. The summed E-state index contributed by atoms with van der Waals surface area (Å²) < 4.78 is 29.1. The fourth-order valence-corrected chi connectivity index (χ4v) is 0.944.